The molecule has 0 aromatic heterocycles. The normalized spacial score (nSPS) is 11.3. The number of ether oxygens (including phenoxy) is 1. The maximum Gasteiger partial charge on any atom is 0.222 e. The van der Waals surface area contributed by atoms with Crippen LogP contribution in [0.15, 0.2) is 42.5 Å². The third-order valence-electron chi connectivity index (χ3n) is 3.75. The van der Waals surface area contributed by atoms with Crippen molar-refractivity contribution in [2.45, 2.75) is 19.4 Å². The Kier molecular flexibility index (Phi) is 6.67. The van der Waals surface area contributed by atoms with E-state index in [0.717, 1.165) is 11.3 Å². The van der Waals surface area contributed by atoms with E-state index in [1.54, 1.807) is 37.4 Å². The highest BCUT2D eigenvalue weighted by atomic mass is 35.5. The summed E-state index contributed by atoms with van der Waals surface area (Å²) in [6.07, 6.45) is 0.316. The van der Waals surface area contributed by atoms with Crippen molar-refractivity contribution in [1.29, 1.82) is 5.26 Å². The second-order valence-corrected chi connectivity index (χ2v) is 5.98. The van der Waals surface area contributed by atoms with E-state index in [2.05, 4.69) is 16.7 Å². The van der Waals surface area contributed by atoms with Gasteiger partial charge in [-0.2, -0.15) is 5.26 Å². The van der Waals surface area contributed by atoms with Crippen molar-refractivity contribution >= 4 is 23.2 Å². The van der Waals surface area contributed by atoms with Crippen molar-refractivity contribution in [1.82, 2.24) is 5.32 Å². The van der Waals surface area contributed by atoms with Gasteiger partial charge in [0.1, 0.15) is 5.75 Å². The number of nitriles is 1. The van der Waals surface area contributed by atoms with Crippen molar-refractivity contribution < 1.29 is 9.53 Å². The van der Waals surface area contributed by atoms with E-state index in [4.69, 9.17) is 21.6 Å². The number of halogens is 1. The predicted octanol–water partition coefficient (Wildman–Crippen LogP) is 3.90. The standard InChI is InChI=1S/C19H20ClN3O2/c1-13(15-5-3-14(12-21)4-6-15)23-19(24)9-10-22-17-11-16(20)7-8-18(17)25-2/h3-8,11,13,22H,9-10H2,1-2H3,(H,23,24). The quantitative estimate of drug-likeness (QED) is 0.788. The number of rotatable bonds is 7. The third-order valence-corrected chi connectivity index (χ3v) is 3.98. The highest BCUT2D eigenvalue weighted by Crippen LogP contribution is 2.27. The summed E-state index contributed by atoms with van der Waals surface area (Å²) in [4.78, 5) is 12.1. The third kappa shape index (κ3) is 5.40. The van der Waals surface area contributed by atoms with Crippen LogP contribution in [0.1, 0.15) is 30.5 Å². The molecule has 130 valence electrons. The molecule has 2 N–H and O–H groups in total. The van der Waals surface area contributed by atoms with E-state index < -0.39 is 0 Å². The molecule has 2 rings (SSSR count). The maximum atomic E-state index is 12.1. The summed E-state index contributed by atoms with van der Waals surface area (Å²) in [6, 6.07) is 14.4. The summed E-state index contributed by atoms with van der Waals surface area (Å²) in [5.41, 5.74) is 2.31. The molecular weight excluding hydrogens is 338 g/mol. The molecule has 0 radical (unpaired) electrons. The molecule has 0 heterocycles. The molecule has 2 aromatic carbocycles. The second-order valence-electron chi connectivity index (χ2n) is 5.54. The molecular formula is C19H20ClN3O2. The van der Waals surface area contributed by atoms with Gasteiger partial charge in [0.15, 0.2) is 0 Å². The Hall–Kier alpha value is -2.71. The van der Waals surface area contributed by atoms with Gasteiger partial charge in [0.05, 0.1) is 30.5 Å². The van der Waals surface area contributed by atoms with Crippen molar-refractivity contribution in [2.24, 2.45) is 0 Å². The van der Waals surface area contributed by atoms with Crippen LogP contribution < -0.4 is 15.4 Å². The lowest BCUT2D eigenvalue weighted by Crippen LogP contribution is -2.28. The van der Waals surface area contributed by atoms with Gasteiger partial charge >= 0.3 is 0 Å². The van der Waals surface area contributed by atoms with E-state index >= 15 is 0 Å². The smallest absolute Gasteiger partial charge is 0.222 e. The molecule has 1 amide bonds. The van der Waals surface area contributed by atoms with Crippen LogP contribution in [0.4, 0.5) is 5.69 Å². The summed E-state index contributed by atoms with van der Waals surface area (Å²) in [5.74, 6) is 0.612. The van der Waals surface area contributed by atoms with Crippen molar-refractivity contribution in [2.75, 3.05) is 19.0 Å². The number of nitrogens with zero attached hydrogens (tertiary/aromatic N) is 1. The lowest BCUT2D eigenvalue weighted by molar-refractivity contribution is -0.121. The molecule has 0 bridgehead atoms. The van der Waals surface area contributed by atoms with Crippen molar-refractivity contribution in [3.05, 3.63) is 58.6 Å². The zero-order chi connectivity index (χ0) is 18.2. The largest absolute Gasteiger partial charge is 0.495 e. The van der Waals surface area contributed by atoms with Gasteiger partial charge in [-0.3, -0.25) is 4.79 Å². The molecule has 0 aliphatic carbocycles. The first-order valence-electron chi connectivity index (χ1n) is 7.90. The lowest BCUT2D eigenvalue weighted by atomic mass is 10.1. The Balaban J connectivity index is 1.84. The zero-order valence-electron chi connectivity index (χ0n) is 14.2. The number of nitrogens with one attached hydrogen (secondary N) is 2. The van der Waals surface area contributed by atoms with Crippen LogP contribution >= 0.6 is 11.6 Å². The topological polar surface area (TPSA) is 74.2 Å². The summed E-state index contributed by atoms with van der Waals surface area (Å²) >= 11 is 5.98. The van der Waals surface area contributed by atoms with Crippen LogP contribution in [-0.2, 0) is 4.79 Å². The fourth-order valence-electron chi connectivity index (χ4n) is 2.37. The van der Waals surface area contributed by atoms with Gasteiger partial charge < -0.3 is 15.4 Å². The van der Waals surface area contributed by atoms with Crippen LogP contribution in [0.5, 0.6) is 5.75 Å². The molecule has 0 saturated carbocycles. The first-order chi connectivity index (χ1) is 12.0. The molecule has 1 unspecified atom stereocenters. The minimum Gasteiger partial charge on any atom is -0.495 e. The number of anilines is 1. The van der Waals surface area contributed by atoms with Gasteiger partial charge in [0.25, 0.3) is 0 Å². The number of hydrogen-bond acceptors (Lipinski definition) is 4. The fraction of sp³-hybridized carbons (Fsp3) is 0.263. The Bertz CT molecular complexity index is 769. The molecule has 2 aromatic rings. The van der Waals surface area contributed by atoms with Crippen molar-refractivity contribution in [3.8, 4) is 11.8 Å². The average Bonchev–Trinajstić information content (AvgIpc) is 2.62. The molecule has 6 heteroatoms. The molecule has 25 heavy (non-hydrogen) atoms. The number of hydrogen-bond donors (Lipinski definition) is 2. The van der Waals surface area contributed by atoms with E-state index in [9.17, 15) is 4.79 Å². The predicted molar refractivity (Wildman–Crippen MR) is 98.8 cm³/mol. The van der Waals surface area contributed by atoms with Crippen LogP contribution in [-0.4, -0.2) is 19.6 Å². The Labute approximate surface area is 152 Å². The first kappa shape index (κ1) is 18.6. The molecule has 0 saturated heterocycles. The molecule has 0 spiro atoms. The van der Waals surface area contributed by atoms with Crippen LogP contribution in [0, 0.1) is 11.3 Å². The highest BCUT2D eigenvalue weighted by Gasteiger charge is 2.10. The summed E-state index contributed by atoms with van der Waals surface area (Å²) in [6.45, 7) is 2.37. The lowest BCUT2D eigenvalue weighted by Gasteiger charge is -2.15. The number of amides is 1. The Morgan fingerprint density at radius 2 is 2.00 bits per heavy atom. The monoisotopic (exact) mass is 357 g/mol. The maximum absolute atomic E-state index is 12.1. The van der Waals surface area contributed by atoms with Gasteiger partial charge in [-0.25, -0.2) is 0 Å². The SMILES string of the molecule is COc1ccc(Cl)cc1NCCC(=O)NC(C)c1ccc(C#N)cc1. The van der Waals surface area contributed by atoms with Gasteiger partial charge in [-0.05, 0) is 42.8 Å². The summed E-state index contributed by atoms with van der Waals surface area (Å²) in [7, 11) is 1.58. The fourth-order valence-corrected chi connectivity index (χ4v) is 2.54. The average molecular weight is 358 g/mol. The van der Waals surface area contributed by atoms with E-state index in [1.807, 2.05) is 19.1 Å². The highest BCUT2D eigenvalue weighted by molar-refractivity contribution is 6.30. The molecule has 0 fully saturated rings. The first-order valence-corrected chi connectivity index (χ1v) is 8.28. The van der Waals surface area contributed by atoms with Gasteiger partial charge in [-0.1, -0.05) is 23.7 Å². The van der Waals surface area contributed by atoms with Gasteiger partial charge in [-0.15, -0.1) is 0 Å². The Morgan fingerprint density at radius 1 is 1.28 bits per heavy atom. The minimum atomic E-state index is -0.124. The van der Waals surface area contributed by atoms with E-state index in [-0.39, 0.29) is 11.9 Å². The second kappa shape index (κ2) is 8.95. The van der Waals surface area contributed by atoms with Gasteiger partial charge in [0, 0.05) is 18.0 Å². The van der Waals surface area contributed by atoms with Gasteiger partial charge in [0.2, 0.25) is 5.91 Å². The van der Waals surface area contributed by atoms with Crippen LogP contribution in [0.2, 0.25) is 5.02 Å². The summed E-state index contributed by atoms with van der Waals surface area (Å²) in [5, 5.41) is 15.5. The minimum absolute atomic E-state index is 0.0645. The number of methoxy groups -OCH3 is 1. The molecule has 0 aliphatic heterocycles. The summed E-state index contributed by atoms with van der Waals surface area (Å²) < 4.78 is 5.25. The molecule has 5 nitrogen and oxygen atoms in total. The van der Waals surface area contributed by atoms with Crippen LogP contribution in [0.3, 0.4) is 0 Å². The number of benzene rings is 2. The zero-order valence-corrected chi connectivity index (χ0v) is 14.9. The molecule has 0 aliphatic rings. The number of carbonyl (C=O) groups is 1. The van der Waals surface area contributed by atoms with E-state index in [0.29, 0.717) is 29.3 Å². The van der Waals surface area contributed by atoms with E-state index in [1.165, 1.54) is 0 Å². The Morgan fingerprint density at radius 3 is 2.64 bits per heavy atom. The van der Waals surface area contributed by atoms with Crippen molar-refractivity contribution in [3.63, 3.8) is 0 Å². The number of carbonyl (C=O) groups excluding carboxylic acids is 1. The molecule has 1 atom stereocenters. The van der Waals surface area contributed by atoms with Crippen LogP contribution in [0.25, 0.3) is 0 Å².